The molecule has 5 rings (SSSR count). The first-order chi connectivity index (χ1) is 11.6. The number of rotatable bonds is 0. The van der Waals surface area contributed by atoms with Crippen LogP contribution in [0.2, 0.25) is 15.1 Å². The van der Waals surface area contributed by atoms with Crippen molar-refractivity contribution in [3.8, 4) is 5.75 Å². The number of benzene rings is 3. The minimum atomic E-state index is -0.273. The maximum absolute atomic E-state index is 10.0. The molecule has 0 aliphatic rings. The number of nitrogens with one attached hydrogen (secondary N) is 1. The number of aromatic hydroxyl groups is 1. The van der Waals surface area contributed by atoms with Crippen molar-refractivity contribution in [3.63, 3.8) is 0 Å². The predicted octanol–water partition coefficient (Wildman–Crippen LogP) is 6.89. The molecule has 0 aliphatic heterocycles. The summed E-state index contributed by atoms with van der Waals surface area (Å²) in [7, 11) is 0. The summed E-state index contributed by atoms with van der Waals surface area (Å²) >= 11 is 18.7. The number of hydrogen-bond acceptors (Lipinski definition) is 2. The van der Waals surface area contributed by atoms with Crippen molar-refractivity contribution < 1.29 is 9.52 Å². The van der Waals surface area contributed by atoms with Crippen LogP contribution in [-0.4, -0.2) is 10.1 Å². The Hall–Kier alpha value is -2.07. The van der Waals surface area contributed by atoms with E-state index in [9.17, 15) is 5.11 Å². The van der Waals surface area contributed by atoms with Gasteiger partial charge in [0, 0.05) is 16.3 Å². The normalized spacial score (nSPS) is 12.1. The van der Waals surface area contributed by atoms with Crippen molar-refractivity contribution >= 4 is 78.5 Å². The third kappa shape index (κ3) is 1.64. The second-order valence-electron chi connectivity index (χ2n) is 5.63. The molecule has 2 heterocycles. The molecule has 24 heavy (non-hydrogen) atoms. The monoisotopic (exact) mass is 375 g/mol. The van der Waals surface area contributed by atoms with Gasteiger partial charge in [-0.05, 0) is 18.2 Å². The van der Waals surface area contributed by atoms with E-state index in [-0.39, 0.29) is 20.8 Å². The standard InChI is InChI=1S/C18H8Cl3NO2/c19-13-12-8-5-6-10-11(7-3-1-2-4-9(7)22-10)17(8)24-18(12)15(21)16(23)14(13)20/h1-6,22-23H. The van der Waals surface area contributed by atoms with Crippen LogP contribution in [0.1, 0.15) is 0 Å². The summed E-state index contributed by atoms with van der Waals surface area (Å²) in [5, 5.41) is 13.7. The molecule has 5 aromatic rings. The molecule has 2 aromatic heterocycles. The zero-order chi connectivity index (χ0) is 16.6. The predicted molar refractivity (Wildman–Crippen MR) is 99.8 cm³/mol. The zero-order valence-electron chi connectivity index (χ0n) is 12.0. The van der Waals surface area contributed by atoms with Crippen molar-refractivity contribution in [2.75, 3.05) is 0 Å². The van der Waals surface area contributed by atoms with Gasteiger partial charge in [0.1, 0.15) is 15.6 Å². The minimum absolute atomic E-state index is 0.0240. The van der Waals surface area contributed by atoms with Crippen LogP contribution in [0, 0.1) is 0 Å². The van der Waals surface area contributed by atoms with Gasteiger partial charge in [0.05, 0.1) is 21.3 Å². The maximum Gasteiger partial charge on any atom is 0.159 e. The van der Waals surface area contributed by atoms with Gasteiger partial charge in [-0.3, -0.25) is 0 Å². The molecule has 3 nitrogen and oxygen atoms in total. The zero-order valence-corrected chi connectivity index (χ0v) is 14.2. The molecule has 0 bridgehead atoms. The van der Waals surface area contributed by atoms with E-state index in [0.29, 0.717) is 16.6 Å². The van der Waals surface area contributed by atoms with E-state index in [1.165, 1.54) is 0 Å². The quantitative estimate of drug-likeness (QED) is 0.289. The van der Waals surface area contributed by atoms with Crippen LogP contribution in [0.25, 0.3) is 43.7 Å². The first-order valence-corrected chi connectivity index (χ1v) is 8.32. The molecule has 0 saturated carbocycles. The number of aromatic nitrogens is 1. The SMILES string of the molecule is Oc1c(Cl)c(Cl)c2c(oc3c2ccc2[nH]c4ccccc4c23)c1Cl. The van der Waals surface area contributed by atoms with E-state index in [1.54, 1.807) is 0 Å². The number of furan rings is 1. The second kappa shape index (κ2) is 4.73. The minimum Gasteiger partial charge on any atom is -0.505 e. The molecule has 0 radical (unpaired) electrons. The molecule has 0 fully saturated rings. The van der Waals surface area contributed by atoms with Gasteiger partial charge in [0.15, 0.2) is 11.3 Å². The Morgan fingerprint density at radius 1 is 0.750 bits per heavy atom. The van der Waals surface area contributed by atoms with E-state index >= 15 is 0 Å². The molecular weight excluding hydrogens is 369 g/mol. The average molecular weight is 377 g/mol. The Morgan fingerprint density at radius 3 is 2.38 bits per heavy atom. The van der Waals surface area contributed by atoms with Crippen LogP contribution in [0.4, 0.5) is 0 Å². The molecule has 2 N–H and O–H groups in total. The summed E-state index contributed by atoms with van der Waals surface area (Å²) in [6, 6.07) is 11.9. The Kier molecular flexibility index (Phi) is 2.82. The number of aromatic amines is 1. The number of H-pyrrole nitrogens is 1. The van der Waals surface area contributed by atoms with Gasteiger partial charge in [0.2, 0.25) is 0 Å². The van der Waals surface area contributed by atoms with Gasteiger partial charge in [-0.25, -0.2) is 0 Å². The highest BCUT2D eigenvalue weighted by atomic mass is 35.5. The highest BCUT2D eigenvalue weighted by Gasteiger charge is 2.23. The first-order valence-electron chi connectivity index (χ1n) is 7.19. The van der Waals surface area contributed by atoms with Crippen LogP contribution in [0.15, 0.2) is 40.8 Å². The lowest BCUT2D eigenvalue weighted by molar-refractivity contribution is 0.475. The third-order valence-electron chi connectivity index (χ3n) is 4.35. The molecule has 0 spiro atoms. The summed E-state index contributed by atoms with van der Waals surface area (Å²) in [6.45, 7) is 0. The number of phenols is 1. The molecule has 3 aromatic carbocycles. The fourth-order valence-electron chi connectivity index (χ4n) is 3.28. The lowest BCUT2D eigenvalue weighted by atomic mass is 10.1. The lowest BCUT2D eigenvalue weighted by Gasteiger charge is -2.03. The lowest BCUT2D eigenvalue weighted by Crippen LogP contribution is -1.77. The Bertz CT molecular complexity index is 1300. The van der Waals surface area contributed by atoms with E-state index in [2.05, 4.69) is 4.98 Å². The average Bonchev–Trinajstić information content (AvgIpc) is 3.15. The number of phenolic OH excluding ortho intramolecular Hbond substituents is 1. The number of hydrogen-bond donors (Lipinski definition) is 2. The van der Waals surface area contributed by atoms with Crippen LogP contribution < -0.4 is 0 Å². The van der Waals surface area contributed by atoms with Crippen LogP contribution in [0.5, 0.6) is 5.75 Å². The number of para-hydroxylation sites is 1. The molecule has 0 atom stereocenters. The van der Waals surface area contributed by atoms with Gasteiger partial charge in [0.25, 0.3) is 0 Å². The Labute approximate surface area is 150 Å². The van der Waals surface area contributed by atoms with Gasteiger partial charge in [-0.2, -0.15) is 0 Å². The van der Waals surface area contributed by atoms with Gasteiger partial charge < -0.3 is 14.5 Å². The summed E-state index contributed by atoms with van der Waals surface area (Å²) < 4.78 is 6.02. The second-order valence-corrected chi connectivity index (χ2v) is 6.77. The first kappa shape index (κ1) is 14.3. The smallest absolute Gasteiger partial charge is 0.159 e. The number of fused-ring (bicyclic) bond motifs is 7. The third-order valence-corrected chi connectivity index (χ3v) is 5.54. The van der Waals surface area contributed by atoms with Gasteiger partial charge in [-0.15, -0.1) is 0 Å². The molecule has 0 unspecified atom stereocenters. The van der Waals surface area contributed by atoms with Crippen LogP contribution in [0.3, 0.4) is 0 Å². The van der Waals surface area contributed by atoms with Crippen molar-refractivity contribution in [3.05, 3.63) is 51.5 Å². The molecule has 6 heteroatoms. The topological polar surface area (TPSA) is 49.2 Å². The summed E-state index contributed by atoms with van der Waals surface area (Å²) in [6.07, 6.45) is 0. The molecule has 0 saturated heterocycles. The van der Waals surface area contributed by atoms with Gasteiger partial charge in [-0.1, -0.05) is 53.0 Å². The maximum atomic E-state index is 10.0. The highest BCUT2D eigenvalue weighted by Crippen LogP contribution is 2.49. The summed E-state index contributed by atoms with van der Waals surface area (Å²) in [4.78, 5) is 3.37. The highest BCUT2D eigenvalue weighted by molar-refractivity contribution is 6.50. The Morgan fingerprint density at radius 2 is 1.54 bits per heavy atom. The molecule has 118 valence electrons. The van der Waals surface area contributed by atoms with Crippen molar-refractivity contribution in [1.29, 1.82) is 0 Å². The summed E-state index contributed by atoms with van der Waals surface area (Å²) in [5.74, 6) is -0.273. The number of halogens is 3. The van der Waals surface area contributed by atoms with Crippen LogP contribution in [-0.2, 0) is 0 Å². The van der Waals surface area contributed by atoms with Crippen molar-refractivity contribution in [2.24, 2.45) is 0 Å². The Balaban J connectivity index is 2.12. The van der Waals surface area contributed by atoms with Crippen molar-refractivity contribution in [2.45, 2.75) is 0 Å². The van der Waals surface area contributed by atoms with E-state index in [1.807, 2.05) is 36.4 Å². The van der Waals surface area contributed by atoms with E-state index in [4.69, 9.17) is 39.2 Å². The molecule has 0 aliphatic carbocycles. The van der Waals surface area contributed by atoms with Crippen molar-refractivity contribution in [1.82, 2.24) is 4.98 Å². The summed E-state index contributed by atoms with van der Waals surface area (Å²) in [5.41, 5.74) is 2.95. The molecule has 0 amide bonds. The van der Waals surface area contributed by atoms with E-state index in [0.717, 1.165) is 27.2 Å². The fraction of sp³-hybridized carbons (Fsp3) is 0. The fourth-order valence-corrected chi connectivity index (χ4v) is 4.02. The van der Waals surface area contributed by atoms with Gasteiger partial charge >= 0.3 is 0 Å². The molecular formula is C18H8Cl3NO2. The largest absolute Gasteiger partial charge is 0.505 e. The van der Waals surface area contributed by atoms with Crippen LogP contribution >= 0.6 is 34.8 Å². The van der Waals surface area contributed by atoms with E-state index < -0.39 is 0 Å².